The summed E-state index contributed by atoms with van der Waals surface area (Å²) in [6, 6.07) is 4.89. The van der Waals surface area contributed by atoms with Crippen LogP contribution < -0.4 is 20.8 Å². The first-order valence-electron chi connectivity index (χ1n) is 9.96. The van der Waals surface area contributed by atoms with Crippen molar-refractivity contribution in [3.63, 3.8) is 0 Å². The number of benzene rings is 1. The summed E-state index contributed by atoms with van der Waals surface area (Å²) in [5.74, 6) is -1.59. The molecule has 0 unspecified atom stereocenters. The quantitative estimate of drug-likeness (QED) is 0.334. The molecule has 1 atom stereocenters. The largest absolute Gasteiger partial charge is 0.547 e. The van der Waals surface area contributed by atoms with Crippen LogP contribution in [0.5, 0.6) is 5.75 Å². The molecule has 0 bridgehead atoms. The molecular weight excluding hydrogens is 393 g/mol. The Morgan fingerprint density at radius 2 is 1.97 bits per heavy atom. The van der Waals surface area contributed by atoms with Crippen LogP contribution in [0.3, 0.4) is 0 Å². The number of hydrazine groups is 1. The maximum atomic E-state index is 12.5. The number of methoxy groups -OCH3 is 1. The maximum Gasteiger partial charge on any atom is 0.547 e. The summed E-state index contributed by atoms with van der Waals surface area (Å²) in [5, 5.41) is 22.3. The van der Waals surface area contributed by atoms with Crippen LogP contribution in [-0.4, -0.2) is 54.3 Å². The minimum absolute atomic E-state index is 0.0108. The summed E-state index contributed by atoms with van der Waals surface area (Å²) < 4.78 is 9.92. The molecule has 3 rings (SSSR count). The number of carbonyl (C=O) groups is 3. The first-order valence-corrected chi connectivity index (χ1v) is 9.96. The molecule has 162 valence electrons. The predicted molar refractivity (Wildman–Crippen MR) is 107 cm³/mol. The van der Waals surface area contributed by atoms with Gasteiger partial charge < -0.3 is 24.8 Å². The average molecular weight is 419 g/mol. The molecule has 0 aromatic heterocycles. The lowest BCUT2D eigenvalue weighted by atomic mass is 9.72. The van der Waals surface area contributed by atoms with Crippen molar-refractivity contribution in [1.29, 1.82) is 0 Å². The van der Waals surface area contributed by atoms with Gasteiger partial charge in [0.15, 0.2) is 0 Å². The molecule has 10 nitrogen and oxygen atoms in total. The average Bonchev–Trinajstić information content (AvgIpc) is 2.73. The van der Waals surface area contributed by atoms with Crippen LogP contribution in [0.2, 0.25) is 0 Å². The van der Waals surface area contributed by atoms with E-state index in [0.29, 0.717) is 18.4 Å². The summed E-state index contributed by atoms with van der Waals surface area (Å²) in [4.78, 5) is 34.9. The number of carboxylic acid groups (broad SMARTS) is 1. The zero-order chi connectivity index (χ0) is 21.7. The number of nitrogens with one attached hydrogen (secondary N) is 3. The maximum absolute atomic E-state index is 12.5. The molecule has 0 radical (unpaired) electrons. The number of rotatable bonds is 6. The van der Waals surface area contributed by atoms with Gasteiger partial charge in [-0.3, -0.25) is 10.2 Å². The number of hydrogen-bond acceptors (Lipinski definition) is 7. The molecule has 30 heavy (non-hydrogen) atoms. The van der Waals surface area contributed by atoms with Gasteiger partial charge in [0.2, 0.25) is 5.91 Å². The molecule has 5 N–H and O–H groups in total. The Balaban J connectivity index is 1.47. The molecule has 1 heterocycles. The van der Waals surface area contributed by atoms with Gasteiger partial charge in [-0.2, -0.15) is 0 Å². The zero-order valence-corrected chi connectivity index (χ0v) is 16.7. The molecule has 1 fully saturated rings. The van der Waals surface area contributed by atoms with Crippen LogP contribution in [0.1, 0.15) is 48.0 Å². The van der Waals surface area contributed by atoms with E-state index in [1.54, 1.807) is 12.1 Å². The fourth-order valence-electron chi connectivity index (χ4n) is 3.97. The summed E-state index contributed by atoms with van der Waals surface area (Å²) >= 11 is 0. The van der Waals surface area contributed by atoms with E-state index in [9.17, 15) is 24.5 Å². The fourth-order valence-corrected chi connectivity index (χ4v) is 3.97. The summed E-state index contributed by atoms with van der Waals surface area (Å²) in [6.07, 6.45) is 3.40. The molecule has 0 spiro atoms. The minimum atomic E-state index is -1.31. The monoisotopic (exact) mass is 419 g/mol. The van der Waals surface area contributed by atoms with Crippen molar-refractivity contribution in [2.75, 3.05) is 7.11 Å². The van der Waals surface area contributed by atoms with Gasteiger partial charge >= 0.3 is 19.2 Å². The number of amides is 2. The van der Waals surface area contributed by atoms with Crippen molar-refractivity contribution < 1.29 is 33.9 Å². The number of hydrogen-bond donors (Lipinski definition) is 5. The fraction of sp³-hybridized carbons (Fsp3) is 0.526. The molecule has 2 amide bonds. The SMILES string of the molecule is COC(=O)NN[C@H]1CC[C@H](CC(=O)N[C@H]2Cc3cccc(C(=O)O)c3OB2O)CC1. The highest BCUT2D eigenvalue weighted by Gasteiger charge is 2.38. The van der Waals surface area contributed by atoms with Crippen molar-refractivity contribution in [2.45, 2.75) is 50.5 Å². The van der Waals surface area contributed by atoms with E-state index in [-0.39, 0.29) is 29.2 Å². The summed E-state index contributed by atoms with van der Waals surface area (Å²) in [5.41, 5.74) is 6.01. The van der Waals surface area contributed by atoms with E-state index in [0.717, 1.165) is 25.7 Å². The third-order valence-corrected chi connectivity index (χ3v) is 5.58. The third-order valence-electron chi connectivity index (χ3n) is 5.58. The van der Waals surface area contributed by atoms with Crippen LogP contribution >= 0.6 is 0 Å². The Hall–Kier alpha value is -2.79. The van der Waals surface area contributed by atoms with Crippen LogP contribution in [0.4, 0.5) is 4.79 Å². The second kappa shape index (κ2) is 9.81. The molecule has 1 saturated carbocycles. The zero-order valence-electron chi connectivity index (χ0n) is 16.7. The van der Waals surface area contributed by atoms with Crippen LogP contribution in [-0.2, 0) is 16.0 Å². The Bertz CT molecular complexity index is 798. The van der Waals surface area contributed by atoms with Crippen LogP contribution in [0.25, 0.3) is 0 Å². The first-order chi connectivity index (χ1) is 14.4. The molecule has 11 heteroatoms. The van der Waals surface area contributed by atoms with E-state index in [1.807, 2.05) is 0 Å². The van der Waals surface area contributed by atoms with Crippen LogP contribution in [0, 0.1) is 5.92 Å². The topological polar surface area (TPSA) is 146 Å². The summed E-state index contributed by atoms with van der Waals surface area (Å²) in [6.45, 7) is 0. The highest BCUT2D eigenvalue weighted by atomic mass is 16.5. The van der Waals surface area contributed by atoms with Gasteiger partial charge in [-0.05, 0) is 49.7 Å². The lowest BCUT2D eigenvalue weighted by Gasteiger charge is -2.31. The summed E-state index contributed by atoms with van der Waals surface area (Å²) in [7, 11) is -0.0175. The van der Waals surface area contributed by atoms with Crippen molar-refractivity contribution in [2.24, 2.45) is 5.92 Å². The number of carboxylic acids is 1. The molecular formula is C19H26BN3O7. The van der Waals surface area contributed by atoms with Gasteiger partial charge in [0.1, 0.15) is 5.75 Å². The Morgan fingerprint density at radius 3 is 2.63 bits per heavy atom. The Labute approximate surface area is 174 Å². The Kier molecular flexibility index (Phi) is 7.17. The molecule has 1 aliphatic carbocycles. The number of aromatic carboxylic acids is 1. The van der Waals surface area contributed by atoms with Crippen molar-refractivity contribution >= 4 is 25.1 Å². The normalized spacial score (nSPS) is 23.0. The highest BCUT2D eigenvalue weighted by Crippen LogP contribution is 2.31. The molecule has 1 aromatic carbocycles. The lowest BCUT2D eigenvalue weighted by molar-refractivity contribution is -0.122. The number of carbonyl (C=O) groups excluding carboxylic acids is 2. The van der Waals surface area contributed by atoms with Gasteiger partial charge in [0.05, 0.1) is 18.6 Å². The lowest BCUT2D eigenvalue weighted by Crippen LogP contribution is -2.53. The predicted octanol–water partition coefficient (Wildman–Crippen LogP) is 0.634. The van der Waals surface area contributed by atoms with Gasteiger partial charge in [-0.1, -0.05) is 12.1 Å². The second-order valence-corrected chi connectivity index (χ2v) is 7.67. The molecule has 0 saturated heterocycles. The Morgan fingerprint density at radius 1 is 1.23 bits per heavy atom. The van der Waals surface area contributed by atoms with Crippen molar-refractivity contribution in [3.05, 3.63) is 29.3 Å². The van der Waals surface area contributed by atoms with E-state index < -0.39 is 25.1 Å². The number of fused-ring (bicyclic) bond motifs is 1. The number of para-hydroxylation sites is 1. The molecule has 1 aromatic rings. The second-order valence-electron chi connectivity index (χ2n) is 7.67. The smallest absolute Gasteiger partial charge is 0.534 e. The van der Waals surface area contributed by atoms with Gasteiger partial charge in [-0.15, -0.1) is 0 Å². The van der Waals surface area contributed by atoms with E-state index in [2.05, 4.69) is 20.9 Å². The van der Waals surface area contributed by atoms with Crippen LogP contribution in [0.15, 0.2) is 18.2 Å². The van der Waals surface area contributed by atoms with Gasteiger partial charge in [-0.25, -0.2) is 15.0 Å². The standard InChI is InChI=1S/C19H26BN3O7/c1-29-19(27)23-22-13-7-5-11(6-8-13)9-16(24)21-15-10-12-3-2-4-14(18(25)26)17(12)30-20(15)28/h2-4,11,13,15,22,28H,5-10H2,1H3,(H,21,24)(H,23,27)(H,25,26)/t11-,13-,15-/m0/s1. The van der Waals surface area contributed by atoms with Crippen molar-refractivity contribution in [3.8, 4) is 5.75 Å². The third kappa shape index (κ3) is 5.42. The number of ether oxygens (including phenoxy) is 1. The van der Waals surface area contributed by atoms with E-state index in [1.165, 1.54) is 13.2 Å². The molecule has 2 aliphatic rings. The highest BCUT2D eigenvalue weighted by molar-refractivity contribution is 6.47. The van der Waals surface area contributed by atoms with E-state index >= 15 is 0 Å². The van der Waals surface area contributed by atoms with Gasteiger partial charge in [0, 0.05) is 12.5 Å². The van der Waals surface area contributed by atoms with Gasteiger partial charge in [0.25, 0.3) is 0 Å². The van der Waals surface area contributed by atoms with Crippen molar-refractivity contribution in [1.82, 2.24) is 16.2 Å². The van der Waals surface area contributed by atoms with E-state index in [4.69, 9.17) is 4.65 Å². The molecule has 1 aliphatic heterocycles. The minimum Gasteiger partial charge on any atom is -0.534 e. The first kappa shape index (κ1) is 21.9.